The molecule has 0 N–H and O–H groups in total. The molecule has 0 radical (unpaired) electrons. The van der Waals surface area contributed by atoms with Crippen molar-refractivity contribution >= 4 is 0 Å². The molecule has 7 nitrogen and oxygen atoms in total. The molecule has 3 heterocycles. The molecule has 1 aromatic heterocycles. The predicted molar refractivity (Wildman–Crippen MR) is 117 cm³/mol. The van der Waals surface area contributed by atoms with E-state index in [1.807, 2.05) is 24.3 Å². The third-order valence-electron chi connectivity index (χ3n) is 6.25. The Balaban J connectivity index is 1.17. The van der Waals surface area contributed by atoms with Crippen molar-refractivity contribution in [1.29, 1.82) is 0 Å². The first-order valence-electron chi connectivity index (χ1n) is 10.9. The van der Waals surface area contributed by atoms with Gasteiger partial charge in [-0.25, -0.2) is 0 Å². The van der Waals surface area contributed by atoms with E-state index in [2.05, 4.69) is 45.1 Å². The van der Waals surface area contributed by atoms with Crippen molar-refractivity contribution in [2.45, 2.75) is 25.9 Å². The lowest BCUT2D eigenvalue weighted by Gasteiger charge is -2.36. The highest BCUT2D eigenvalue weighted by Crippen LogP contribution is 2.28. The highest BCUT2D eigenvalue weighted by molar-refractivity contribution is 5.54. The second-order valence-electron chi connectivity index (χ2n) is 8.20. The van der Waals surface area contributed by atoms with Crippen molar-refractivity contribution in [3.63, 3.8) is 0 Å². The van der Waals surface area contributed by atoms with Gasteiger partial charge in [-0.15, -0.1) is 10.2 Å². The fourth-order valence-electron chi connectivity index (χ4n) is 4.32. The zero-order valence-electron chi connectivity index (χ0n) is 18.1. The first-order chi connectivity index (χ1) is 15.2. The topological polar surface area (TPSA) is 63.9 Å². The maximum atomic E-state index is 5.99. The summed E-state index contributed by atoms with van der Waals surface area (Å²) in [5.41, 5.74) is 3.61. The van der Waals surface area contributed by atoms with Gasteiger partial charge in [-0.2, -0.15) is 0 Å². The lowest BCUT2D eigenvalue weighted by molar-refractivity contribution is 0.0876. The summed E-state index contributed by atoms with van der Waals surface area (Å²) in [5.74, 6) is 3.07. The van der Waals surface area contributed by atoms with Crippen LogP contribution >= 0.6 is 0 Å². The molecule has 0 bridgehead atoms. The SMILES string of the molecule is COc1ccc(-c2nnc([C@H](C)N3CCN(Cc4ccc5c(c4)CCO5)CC3)o2)cc1. The standard InChI is InChI=1S/C24H28N4O3/c1-17(23-25-26-24(31-23)19-4-6-21(29-2)7-5-19)28-12-10-27(11-13-28)16-18-3-8-22-20(15-18)9-14-30-22/h3-8,15,17H,9-14,16H2,1-2H3/t17-/m0/s1. The van der Waals surface area contributed by atoms with Crippen molar-refractivity contribution in [3.05, 3.63) is 59.5 Å². The summed E-state index contributed by atoms with van der Waals surface area (Å²) in [5, 5.41) is 8.57. The molecule has 0 saturated carbocycles. The maximum absolute atomic E-state index is 5.99. The van der Waals surface area contributed by atoms with Crippen LogP contribution in [0.4, 0.5) is 0 Å². The fourth-order valence-corrected chi connectivity index (χ4v) is 4.32. The molecule has 1 saturated heterocycles. The van der Waals surface area contributed by atoms with Crippen LogP contribution in [0.5, 0.6) is 11.5 Å². The highest BCUT2D eigenvalue weighted by atomic mass is 16.5. The number of rotatable bonds is 6. The van der Waals surface area contributed by atoms with Crippen LogP contribution in [0.25, 0.3) is 11.5 Å². The quantitative estimate of drug-likeness (QED) is 0.604. The highest BCUT2D eigenvalue weighted by Gasteiger charge is 2.26. The van der Waals surface area contributed by atoms with Gasteiger partial charge in [0, 0.05) is 44.7 Å². The minimum atomic E-state index is 0.0961. The van der Waals surface area contributed by atoms with Crippen LogP contribution in [0, 0.1) is 0 Å². The summed E-state index contributed by atoms with van der Waals surface area (Å²) in [6.07, 6.45) is 1.02. The van der Waals surface area contributed by atoms with Gasteiger partial charge in [0.1, 0.15) is 11.5 Å². The van der Waals surface area contributed by atoms with Gasteiger partial charge in [0.25, 0.3) is 0 Å². The van der Waals surface area contributed by atoms with Gasteiger partial charge >= 0.3 is 0 Å². The molecule has 162 valence electrons. The number of methoxy groups -OCH3 is 1. The maximum Gasteiger partial charge on any atom is 0.247 e. The lowest BCUT2D eigenvalue weighted by Crippen LogP contribution is -2.46. The monoisotopic (exact) mass is 420 g/mol. The first kappa shape index (κ1) is 20.0. The minimum absolute atomic E-state index is 0.0961. The average Bonchev–Trinajstić information content (AvgIpc) is 3.49. The van der Waals surface area contributed by atoms with Gasteiger partial charge in [-0.3, -0.25) is 9.80 Å². The second kappa shape index (κ2) is 8.69. The Morgan fingerprint density at radius 2 is 1.84 bits per heavy atom. The first-order valence-corrected chi connectivity index (χ1v) is 10.9. The molecule has 1 fully saturated rings. The van der Waals surface area contributed by atoms with E-state index in [1.54, 1.807) is 7.11 Å². The van der Waals surface area contributed by atoms with Gasteiger partial charge in [-0.1, -0.05) is 12.1 Å². The molecule has 5 rings (SSSR count). The molecule has 0 unspecified atom stereocenters. The van der Waals surface area contributed by atoms with Crippen LogP contribution in [0.3, 0.4) is 0 Å². The van der Waals surface area contributed by atoms with Crippen LogP contribution in [-0.2, 0) is 13.0 Å². The Morgan fingerprint density at radius 1 is 1.03 bits per heavy atom. The summed E-state index contributed by atoms with van der Waals surface area (Å²) in [4.78, 5) is 4.93. The molecular weight excluding hydrogens is 392 g/mol. The van der Waals surface area contributed by atoms with Crippen molar-refractivity contribution < 1.29 is 13.9 Å². The number of nitrogens with zero attached hydrogens (tertiary/aromatic N) is 4. The number of hydrogen-bond acceptors (Lipinski definition) is 7. The van der Waals surface area contributed by atoms with E-state index >= 15 is 0 Å². The number of ether oxygens (including phenoxy) is 2. The molecule has 0 spiro atoms. The third kappa shape index (κ3) is 4.29. The Kier molecular flexibility index (Phi) is 5.61. The summed E-state index contributed by atoms with van der Waals surface area (Å²) in [6.45, 7) is 7.95. The lowest BCUT2D eigenvalue weighted by atomic mass is 10.1. The molecule has 0 amide bonds. The van der Waals surface area contributed by atoms with Crippen LogP contribution < -0.4 is 9.47 Å². The number of fused-ring (bicyclic) bond motifs is 1. The number of aromatic nitrogens is 2. The van der Waals surface area contributed by atoms with Gasteiger partial charge in [0.15, 0.2) is 0 Å². The van der Waals surface area contributed by atoms with Crippen molar-refractivity contribution in [1.82, 2.24) is 20.0 Å². The molecule has 1 atom stereocenters. The molecule has 3 aromatic rings. The summed E-state index contributed by atoms with van der Waals surface area (Å²) in [7, 11) is 1.65. The van der Waals surface area contributed by atoms with E-state index < -0.39 is 0 Å². The smallest absolute Gasteiger partial charge is 0.247 e. The van der Waals surface area contributed by atoms with E-state index in [0.717, 1.165) is 62.8 Å². The Bertz CT molecular complexity index is 1030. The van der Waals surface area contributed by atoms with Crippen molar-refractivity contribution in [2.24, 2.45) is 0 Å². The number of benzene rings is 2. The summed E-state index contributed by atoms with van der Waals surface area (Å²) in [6, 6.07) is 14.4. The van der Waals surface area contributed by atoms with E-state index in [0.29, 0.717) is 11.8 Å². The molecule has 0 aliphatic carbocycles. The summed E-state index contributed by atoms with van der Waals surface area (Å²) < 4.78 is 16.8. The Hall–Kier alpha value is -2.90. The van der Waals surface area contributed by atoms with Gasteiger partial charge in [0.05, 0.1) is 19.8 Å². The van der Waals surface area contributed by atoms with Crippen LogP contribution in [-0.4, -0.2) is 59.9 Å². The van der Waals surface area contributed by atoms with E-state index in [-0.39, 0.29) is 6.04 Å². The second-order valence-corrected chi connectivity index (χ2v) is 8.20. The van der Waals surface area contributed by atoms with E-state index in [9.17, 15) is 0 Å². The largest absolute Gasteiger partial charge is 0.497 e. The molecule has 2 aliphatic rings. The number of piperazine rings is 1. The molecule has 31 heavy (non-hydrogen) atoms. The van der Waals surface area contributed by atoms with Crippen LogP contribution in [0.2, 0.25) is 0 Å². The summed E-state index contributed by atoms with van der Waals surface area (Å²) >= 11 is 0. The van der Waals surface area contributed by atoms with Crippen molar-refractivity contribution in [2.75, 3.05) is 39.9 Å². The van der Waals surface area contributed by atoms with E-state index in [4.69, 9.17) is 13.9 Å². The van der Waals surface area contributed by atoms with Crippen LogP contribution in [0.1, 0.15) is 30.0 Å². The van der Waals surface area contributed by atoms with Gasteiger partial charge in [0.2, 0.25) is 11.8 Å². The molecule has 7 heteroatoms. The van der Waals surface area contributed by atoms with Gasteiger partial charge in [-0.05, 0) is 48.4 Å². The molecule has 2 aromatic carbocycles. The van der Waals surface area contributed by atoms with Gasteiger partial charge < -0.3 is 13.9 Å². The van der Waals surface area contributed by atoms with E-state index in [1.165, 1.54) is 11.1 Å². The average molecular weight is 421 g/mol. The normalized spacial score (nSPS) is 17.9. The fraction of sp³-hybridized carbons (Fsp3) is 0.417. The third-order valence-corrected chi connectivity index (χ3v) is 6.25. The predicted octanol–water partition coefficient (Wildman–Crippen LogP) is 3.56. The van der Waals surface area contributed by atoms with Crippen LogP contribution in [0.15, 0.2) is 46.9 Å². The molecular formula is C24H28N4O3. The number of hydrogen-bond donors (Lipinski definition) is 0. The van der Waals surface area contributed by atoms with Crippen molar-refractivity contribution in [3.8, 4) is 23.0 Å². The molecule has 2 aliphatic heterocycles. The Morgan fingerprint density at radius 3 is 2.61 bits per heavy atom. The zero-order chi connectivity index (χ0) is 21.2. The minimum Gasteiger partial charge on any atom is -0.497 e. The Labute approximate surface area is 182 Å². The zero-order valence-corrected chi connectivity index (χ0v) is 18.1.